The molecule has 0 saturated heterocycles. The molecule has 0 unspecified atom stereocenters. The third-order valence-electron chi connectivity index (χ3n) is 12.2. The van der Waals surface area contributed by atoms with E-state index in [2.05, 4.69) is 138 Å². The Bertz CT molecular complexity index is 3870. The van der Waals surface area contributed by atoms with Crippen LogP contribution in [0.4, 0.5) is 0 Å². The highest BCUT2D eigenvalue weighted by Gasteiger charge is 2.21. The number of imidazole rings is 1. The minimum absolute atomic E-state index is 0.596. The number of rotatable bonds is 5. The third-order valence-corrected chi connectivity index (χ3v) is 12.2. The molecule has 9 aromatic carbocycles. The molecule has 0 aliphatic carbocycles. The van der Waals surface area contributed by atoms with Crippen LogP contribution in [0.25, 0.3) is 127 Å². The fraction of sp³-hybridized carbons (Fsp3) is 0. The van der Waals surface area contributed by atoms with Crippen molar-refractivity contribution in [2.75, 3.05) is 0 Å². The standard InChI is InChI=1S/C56H33N5O/c1-3-15-34(16-4-1)53-58-54(35-17-5-2-6-18-35)60-55(59-53)40-30-38(29-39(31-40)46-33-37-19-7-8-20-41(37)42-21-9-10-22-43(42)46)36-27-28-50-47(32-36)51-52(62-50)44-23-11-12-24-45(44)56-57-48-25-13-14-26-49(48)61(51)56/h1-33H. The summed E-state index contributed by atoms with van der Waals surface area (Å²) in [7, 11) is 0. The summed E-state index contributed by atoms with van der Waals surface area (Å²) in [6, 6.07) is 69.9. The molecule has 13 rings (SSSR count). The zero-order valence-electron chi connectivity index (χ0n) is 33.2. The van der Waals surface area contributed by atoms with Gasteiger partial charge in [-0.1, -0.05) is 152 Å². The number of hydrogen-bond acceptors (Lipinski definition) is 5. The van der Waals surface area contributed by atoms with E-state index in [1.54, 1.807) is 0 Å². The normalized spacial score (nSPS) is 11.9. The van der Waals surface area contributed by atoms with Crippen LogP contribution in [-0.4, -0.2) is 24.3 Å². The van der Waals surface area contributed by atoms with Gasteiger partial charge in [0.05, 0.1) is 11.0 Å². The predicted molar refractivity (Wildman–Crippen MR) is 253 cm³/mol. The average molecular weight is 792 g/mol. The Kier molecular flexibility index (Phi) is 7.50. The summed E-state index contributed by atoms with van der Waals surface area (Å²) >= 11 is 0. The summed E-state index contributed by atoms with van der Waals surface area (Å²) in [5, 5.41) is 7.90. The van der Waals surface area contributed by atoms with Gasteiger partial charge in [-0.3, -0.25) is 4.40 Å². The topological polar surface area (TPSA) is 69.1 Å². The molecule has 4 aromatic heterocycles. The molecule has 0 amide bonds. The van der Waals surface area contributed by atoms with E-state index in [-0.39, 0.29) is 0 Å². The van der Waals surface area contributed by atoms with Gasteiger partial charge >= 0.3 is 0 Å². The van der Waals surface area contributed by atoms with E-state index in [0.29, 0.717) is 17.5 Å². The minimum Gasteiger partial charge on any atom is -0.454 e. The van der Waals surface area contributed by atoms with Crippen LogP contribution in [0.3, 0.4) is 0 Å². The molecule has 62 heavy (non-hydrogen) atoms. The molecular weight excluding hydrogens is 759 g/mol. The van der Waals surface area contributed by atoms with Crippen molar-refractivity contribution < 1.29 is 4.42 Å². The number of aromatic nitrogens is 5. The van der Waals surface area contributed by atoms with Crippen molar-refractivity contribution in [3.8, 4) is 56.4 Å². The van der Waals surface area contributed by atoms with Gasteiger partial charge in [-0.15, -0.1) is 0 Å². The maximum absolute atomic E-state index is 6.79. The largest absolute Gasteiger partial charge is 0.454 e. The summed E-state index contributed by atoms with van der Waals surface area (Å²) in [6.45, 7) is 0. The Morgan fingerprint density at radius 3 is 1.69 bits per heavy atom. The van der Waals surface area contributed by atoms with Gasteiger partial charge in [-0.05, 0) is 92.3 Å². The van der Waals surface area contributed by atoms with E-state index < -0.39 is 0 Å². The first-order chi connectivity index (χ1) is 30.7. The number of benzene rings is 9. The molecule has 0 aliphatic heterocycles. The lowest BCUT2D eigenvalue weighted by Crippen LogP contribution is -2.00. The van der Waals surface area contributed by atoms with E-state index in [9.17, 15) is 0 Å². The van der Waals surface area contributed by atoms with Crippen molar-refractivity contribution >= 4 is 71.1 Å². The van der Waals surface area contributed by atoms with Gasteiger partial charge < -0.3 is 4.42 Å². The maximum Gasteiger partial charge on any atom is 0.164 e. The van der Waals surface area contributed by atoms with Crippen molar-refractivity contribution in [3.05, 3.63) is 200 Å². The van der Waals surface area contributed by atoms with Gasteiger partial charge in [-0.2, -0.15) is 0 Å². The Balaban J connectivity index is 1.11. The van der Waals surface area contributed by atoms with Crippen LogP contribution in [0.1, 0.15) is 0 Å². The predicted octanol–water partition coefficient (Wildman–Crippen LogP) is 14.4. The number of hydrogen-bond donors (Lipinski definition) is 0. The highest BCUT2D eigenvalue weighted by atomic mass is 16.3. The molecular formula is C56H33N5O. The Labute approximate surface area is 355 Å². The molecule has 13 aromatic rings. The first kappa shape index (κ1) is 34.4. The van der Waals surface area contributed by atoms with Gasteiger partial charge in [0, 0.05) is 32.8 Å². The number of nitrogens with zero attached hydrogens (tertiary/aromatic N) is 5. The van der Waals surface area contributed by atoms with Crippen LogP contribution in [0, 0.1) is 0 Å². The fourth-order valence-corrected chi connectivity index (χ4v) is 9.29. The molecule has 0 saturated carbocycles. The second-order valence-corrected chi connectivity index (χ2v) is 15.8. The smallest absolute Gasteiger partial charge is 0.164 e. The van der Waals surface area contributed by atoms with E-state index in [1.165, 1.54) is 21.5 Å². The molecule has 0 spiro atoms. The highest BCUT2D eigenvalue weighted by Crippen LogP contribution is 2.42. The average Bonchev–Trinajstić information content (AvgIpc) is 3.93. The fourth-order valence-electron chi connectivity index (χ4n) is 9.29. The summed E-state index contributed by atoms with van der Waals surface area (Å²) in [5.74, 6) is 1.83. The van der Waals surface area contributed by atoms with Crippen molar-refractivity contribution in [2.45, 2.75) is 0 Å². The molecule has 0 N–H and O–H groups in total. The maximum atomic E-state index is 6.79. The summed E-state index contributed by atoms with van der Waals surface area (Å²) in [4.78, 5) is 20.6. The lowest BCUT2D eigenvalue weighted by molar-refractivity contribution is 0.672. The summed E-state index contributed by atoms with van der Waals surface area (Å²) < 4.78 is 9.06. The quantitative estimate of drug-likeness (QED) is 0.162. The number of furan rings is 1. The molecule has 0 radical (unpaired) electrons. The molecule has 6 heteroatoms. The van der Waals surface area contributed by atoms with Crippen LogP contribution in [0.5, 0.6) is 0 Å². The highest BCUT2D eigenvalue weighted by molar-refractivity contribution is 6.19. The van der Waals surface area contributed by atoms with Gasteiger partial charge in [0.1, 0.15) is 16.7 Å². The van der Waals surface area contributed by atoms with Crippen molar-refractivity contribution in [3.63, 3.8) is 0 Å². The van der Waals surface area contributed by atoms with Gasteiger partial charge in [0.2, 0.25) is 0 Å². The van der Waals surface area contributed by atoms with Gasteiger partial charge in [-0.25, -0.2) is 19.9 Å². The van der Waals surface area contributed by atoms with Crippen LogP contribution < -0.4 is 0 Å². The Morgan fingerprint density at radius 1 is 0.355 bits per heavy atom. The number of pyridine rings is 1. The number of para-hydroxylation sites is 2. The van der Waals surface area contributed by atoms with E-state index in [4.69, 9.17) is 24.4 Å². The first-order valence-corrected chi connectivity index (χ1v) is 20.8. The Hall–Kier alpha value is -8.48. The van der Waals surface area contributed by atoms with E-state index in [1.807, 2.05) is 66.7 Å². The molecule has 288 valence electrons. The first-order valence-electron chi connectivity index (χ1n) is 20.8. The Morgan fingerprint density at radius 2 is 0.935 bits per heavy atom. The van der Waals surface area contributed by atoms with Crippen LogP contribution in [-0.2, 0) is 0 Å². The van der Waals surface area contributed by atoms with Crippen molar-refractivity contribution in [1.29, 1.82) is 0 Å². The monoisotopic (exact) mass is 791 g/mol. The third kappa shape index (κ3) is 5.37. The van der Waals surface area contributed by atoms with Crippen molar-refractivity contribution in [2.24, 2.45) is 0 Å². The molecule has 0 fully saturated rings. The molecule has 0 aliphatic rings. The van der Waals surface area contributed by atoms with Crippen LogP contribution in [0.2, 0.25) is 0 Å². The van der Waals surface area contributed by atoms with E-state index >= 15 is 0 Å². The second kappa shape index (κ2) is 13.5. The summed E-state index contributed by atoms with van der Waals surface area (Å²) in [5.41, 5.74) is 12.5. The lowest BCUT2D eigenvalue weighted by atomic mass is 9.90. The lowest BCUT2D eigenvalue weighted by Gasteiger charge is -2.15. The number of fused-ring (bicyclic) bond motifs is 13. The van der Waals surface area contributed by atoms with Crippen LogP contribution in [0.15, 0.2) is 205 Å². The van der Waals surface area contributed by atoms with Crippen LogP contribution >= 0.6 is 0 Å². The molecule has 0 bridgehead atoms. The zero-order chi connectivity index (χ0) is 40.7. The summed E-state index contributed by atoms with van der Waals surface area (Å²) in [6.07, 6.45) is 0. The minimum atomic E-state index is 0.596. The zero-order valence-corrected chi connectivity index (χ0v) is 33.2. The SMILES string of the molecule is c1ccc(-c2nc(-c3ccccc3)nc(-c3cc(-c4ccc5oc6c7ccccc7c7nc8ccccc8n7c6c5c4)cc(-c4cc5ccccc5c5ccccc45)c3)n2)cc1. The molecule has 0 atom stereocenters. The van der Waals surface area contributed by atoms with Gasteiger partial charge in [0.25, 0.3) is 0 Å². The van der Waals surface area contributed by atoms with E-state index in [0.717, 1.165) is 88.5 Å². The molecule has 6 nitrogen and oxygen atoms in total. The van der Waals surface area contributed by atoms with Gasteiger partial charge in [0.15, 0.2) is 23.1 Å². The van der Waals surface area contributed by atoms with Crippen molar-refractivity contribution in [1.82, 2.24) is 24.3 Å². The second-order valence-electron chi connectivity index (χ2n) is 15.8. The molecule has 4 heterocycles.